The van der Waals surface area contributed by atoms with E-state index in [0.717, 1.165) is 11.3 Å². The Morgan fingerprint density at radius 2 is 2.16 bits per heavy atom. The number of hydrogen-bond donors (Lipinski definition) is 2. The molecule has 0 atom stereocenters. The lowest BCUT2D eigenvalue weighted by Gasteiger charge is -2.07. The number of aromatic nitrogens is 2. The third-order valence-corrected chi connectivity index (χ3v) is 2.87. The van der Waals surface area contributed by atoms with Crippen LogP contribution in [0.3, 0.4) is 0 Å². The second kappa shape index (κ2) is 5.14. The van der Waals surface area contributed by atoms with Crippen molar-refractivity contribution < 1.29 is 5.11 Å². The minimum Gasteiger partial charge on any atom is -0.507 e. The smallest absolute Gasteiger partial charge is 0.221 e. The van der Waals surface area contributed by atoms with Crippen molar-refractivity contribution in [3.8, 4) is 5.75 Å². The van der Waals surface area contributed by atoms with E-state index in [1.807, 2.05) is 19.1 Å². The maximum atomic E-state index is 9.82. The van der Waals surface area contributed by atoms with Crippen LogP contribution in [0.25, 0.3) is 0 Å². The fourth-order valence-electron chi connectivity index (χ4n) is 1.76. The van der Waals surface area contributed by atoms with Crippen molar-refractivity contribution in [3.63, 3.8) is 0 Å². The first kappa shape index (κ1) is 13.1. The number of rotatable bonds is 3. The third kappa shape index (κ3) is 2.93. The van der Waals surface area contributed by atoms with Crippen molar-refractivity contribution in [2.24, 2.45) is 5.10 Å². The summed E-state index contributed by atoms with van der Waals surface area (Å²) in [5.74, 6) is 0.921. The maximum absolute atomic E-state index is 9.82. The summed E-state index contributed by atoms with van der Waals surface area (Å²) >= 11 is 0. The summed E-state index contributed by atoms with van der Waals surface area (Å²) in [4.78, 5) is 4.06. The van der Waals surface area contributed by atoms with Gasteiger partial charge in [0.2, 0.25) is 5.95 Å². The number of benzene rings is 1. The Hall–Kier alpha value is -2.30. The molecule has 0 saturated carbocycles. The highest BCUT2D eigenvalue weighted by molar-refractivity contribution is 5.83. The Balaban J connectivity index is 2.32. The van der Waals surface area contributed by atoms with Crippen LogP contribution in [0.15, 0.2) is 29.5 Å². The normalized spacial score (nSPS) is 11.6. The van der Waals surface area contributed by atoms with Crippen molar-refractivity contribution in [1.82, 2.24) is 9.66 Å². The lowest BCUT2D eigenvalue weighted by Crippen LogP contribution is -1.97. The second-order valence-electron chi connectivity index (χ2n) is 4.80. The van der Waals surface area contributed by atoms with Gasteiger partial charge in [0.15, 0.2) is 0 Å². The summed E-state index contributed by atoms with van der Waals surface area (Å²) < 4.78 is 1.48. The molecule has 0 saturated heterocycles. The molecule has 5 nitrogen and oxygen atoms in total. The number of nitrogens with two attached hydrogens (primary N) is 1. The average molecular weight is 258 g/mol. The Morgan fingerprint density at radius 3 is 2.74 bits per heavy atom. The third-order valence-electron chi connectivity index (χ3n) is 2.87. The highest BCUT2D eigenvalue weighted by Gasteiger charge is 2.04. The predicted molar refractivity (Wildman–Crippen MR) is 76.6 cm³/mol. The first-order chi connectivity index (χ1) is 8.97. The number of anilines is 1. The SMILES string of the molecule is Cc1cn(N=Cc2cc(C(C)C)ccc2O)c(N)n1. The largest absolute Gasteiger partial charge is 0.507 e. The van der Waals surface area contributed by atoms with Gasteiger partial charge in [-0.2, -0.15) is 5.10 Å². The lowest BCUT2D eigenvalue weighted by atomic mass is 10.0. The van der Waals surface area contributed by atoms with Crippen molar-refractivity contribution in [2.45, 2.75) is 26.7 Å². The summed E-state index contributed by atoms with van der Waals surface area (Å²) in [7, 11) is 0. The fraction of sp³-hybridized carbons (Fsp3) is 0.286. The molecule has 0 radical (unpaired) electrons. The molecule has 0 spiro atoms. The molecule has 0 fully saturated rings. The first-order valence-corrected chi connectivity index (χ1v) is 6.16. The topological polar surface area (TPSA) is 76.4 Å². The zero-order valence-corrected chi connectivity index (χ0v) is 11.3. The van der Waals surface area contributed by atoms with E-state index in [9.17, 15) is 5.11 Å². The molecule has 0 amide bonds. The number of aryl methyl sites for hydroxylation is 1. The quantitative estimate of drug-likeness (QED) is 0.830. The number of hydrogen-bond acceptors (Lipinski definition) is 4. The van der Waals surface area contributed by atoms with Crippen molar-refractivity contribution >= 4 is 12.2 Å². The Labute approximate surface area is 112 Å². The summed E-state index contributed by atoms with van der Waals surface area (Å²) in [6, 6.07) is 5.51. The minimum atomic E-state index is 0.198. The second-order valence-corrected chi connectivity index (χ2v) is 4.80. The predicted octanol–water partition coefficient (Wildman–Crippen LogP) is 2.48. The molecule has 5 heteroatoms. The molecule has 2 aromatic rings. The zero-order valence-electron chi connectivity index (χ0n) is 11.3. The highest BCUT2D eigenvalue weighted by atomic mass is 16.3. The zero-order chi connectivity index (χ0) is 14.0. The van der Waals surface area contributed by atoms with E-state index >= 15 is 0 Å². The molecule has 2 rings (SSSR count). The first-order valence-electron chi connectivity index (χ1n) is 6.16. The lowest BCUT2D eigenvalue weighted by molar-refractivity contribution is 0.474. The Morgan fingerprint density at radius 1 is 1.42 bits per heavy atom. The van der Waals surface area contributed by atoms with Crippen LogP contribution in [0.5, 0.6) is 5.75 Å². The summed E-state index contributed by atoms with van der Waals surface area (Å²) in [5, 5.41) is 14.0. The van der Waals surface area contributed by atoms with Gasteiger partial charge in [-0.05, 0) is 30.5 Å². The van der Waals surface area contributed by atoms with Crippen molar-refractivity contribution in [2.75, 3.05) is 5.73 Å². The van der Waals surface area contributed by atoms with E-state index < -0.39 is 0 Å². The van der Waals surface area contributed by atoms with Crippen LogP contribution in [0.1, 0.15) is 36.6 Å². The van der Waals surface area contributed by atoms with Crippen LogP contribution in [-0.4, -0.2) is 21.0 Å². The van der Waals surface area contributed by atoms with Crippen LogP contribution in [0.2, 0.25) is 0 Å². The van der Waals surface area contributed by atoms with E-state index in [0.29, 0.717) is 17.4 Å². The van der Waals surface area contributed by atoms with Crippen molar-refractivity contribution in [1.29, 1.82) is 0 Å². The molecule has 100 valence electrons. The molecule has 3 N–H and O–H groups in total. The standard InChI is InChI=1S/C14H18N4O/c1-9(2)11-4-5-13(19)12(6-11)7-16-18-8-10(3)17-14(18)15/h4-9,19H,1-3H3,(H2,15,17). The van der Waals surface area contributed by atoms with Crippen LogP contribution >= 0.6 is 0 Å². The maximum Gasteiger partial charge on any atom is 0.221 e. The van der Waals surface area contributed by atoms with Gasteiger partial charge < -0.3 is 10.8 Å². The molecule has 0 unspecified atom stereocenters. The van der Waals surface area contributed by atoms with Gasteiger partial charge in [-0.25, -0.2) is 9.66 Å². The van der Waals surface area contributed by atoms with Gasteiger partial charge in [0.25, 0.3) is 0 Å². The van der Waals surface area contributed by atoms with Gasteiger partial charge in [-0.1, -0.05) is 19.9 Å². The van der Waals surface area contributed by atoms with Crippen LogP contribution in [-0.2, 0) is 0 Å². The molecule has 1 aromatic carbocycles. The van der Waals surface area contributed by atoms with Crippen LogP contribution in [0, 0.1) is 6.92 Å². The van der Waals surface area contributed by atoms with E-state index in [2.05, 4.69) is 23.9 Å². The van der Waals surface area contributed by atoms with Gasteiger partial charge in [0.1, 0.15) is 5.75 Å². The molecule has 1 aromatic heterocycles. The number of nitrogen functional groups attached to an aromatic ring is 1. The fourth-order valence-corrected chi connectivity index (χ4v) is 1.76. The van der Waals surface area contributed by atoms with E-state index in [-0.39, 0.29) is 5.75 Å². The summed E-state index contributed by atoms with van der Waals surface area (Å²) in [6.07, 6.45) is 3.31. The average Bonchev–Trinajstić information content (AvgIpc) is 2.66. The van der Waals surface area contributed by atoms with Gasteiger partial charge in [0, 0.05) is 5.56 Å². The minimum absolute atomic E-state index is 0.198. The van der Waals surface area contributed by atoms with Crippen LogP contribution in [0.4, 0.5) is 5.95 Å². The molecule has 0 aliphatic rings. The molecular formula is C14H18N4O. The monoisotopic (exact) mass is 258 g/mol. The highest BCUT2D eigenvalue weighted by Crippen LogP contribution is 2.22. The Bertz CT molecular complexity index is 614. The van der Waals surface area contributed by atoms with E-state index in [4.69, 9.17) is 5.73 Å². The number of nitrogens with zero attached hydrogens (tertiary/aromatic N) is 3. The van der Waals surface area contributed by atoms with Gasteiger partial charge >= 0.3 is 0 Å². The summed E-state index contributed by atoms with van der Waals surface area (Å²) in [6.45, 7) is 6.05. The number of aromatic hydroxyl groups is 1. The van der Waals surface area contributed by atoms with Crippen LogP contribution < -0.4 is 5.73 Å². The van der Waals surface area contributed by atoms with Gasteiger partial charge in [-0.3, -0.25) is 0 Å². The number of phenolic OH excluding ortho intramolecular Hbond substituents is 1. The molecule has 0 aliphatic carbocycles. The van der Waals surface area contributed by atoms with E-state index in [1.165, 1.54) is 4.68 Å². The van der Waals surface area contributed by atoms with E-state index in [1.54, 1.807) is 18.5 Å². The number of imidazole rings is 1. The Kier molecular flexibility index (Phi) is 3.55. The molecule has 19 heavy (non-hydrogen) atoms. The van der Waals surface area contributed by atoms with Gasteiger partial charge in [-0.15, -0.1) is 0 Å². The molecule has 1 heterocycles. The van der Waals surface area contributed by atoms with Crippen molar-refractivity contribution in [3.05, 3.63) is 41.2 Å². The number of phenols is 1. The summed E-state index contributed by atoms with van der Waals surface area (Å²) in [5.41, 5.74) is 8.31. The molecule has 0 bridgehead atoms. The molecule has 0 aliphatic heterocycles. The van der Waals surface area contributed by atoms with Gasteiger partial charge in [0.05, 0.1) is 18.1 Å². The molecular weight excluding hydrogens is 240 g/mol.